The zero-order valence-electron chi connectivity index (χ0n) is 17.5. The Hall–Kier alpha value is -2.57. The van der Waals surface area contributed by atoms with Gasteiger partial charge in [-0.25, -0.2) is 21.8 Å². The number of ether oxygens (including phenoxy) is 1. The van der Waals surface area contributed by atoms with Crippen molar-refractivity contribution >= 4 is 20.0 Å². The molecular weight excluding hydrogens is 452 g/mol. The molecule has 0 bridgehead atoms. The van der Waals surface area contributed by atoms with Crippen molar-refractivity contribution in [3.05, 3.63) is 78.4 Å². The number of imidazole rings is 1. The van der Waals surface area contributed by atoms with Gasteiger partial charge >= 0.3 is 0 Å². The van der Waals surface area contributed by atoms with Crippen LogP contribution < -0.4 is 4.72 Å². The minimum Gasteiger partial charge on any atom is -0.379 e. The van der Waals surface area contributed by atoms with E-state index in [0.717, 1.165) is 5.56 Å². The molecule has 2 aromatic carbocycles. The van der Waals surface area contributed by atoms with Crippen LogP contribution in [0.1, 0.15) is 17.4 Å². The third kappa shape index (κ3) is 4.62. The Morgan fingerprint density at radius 3 is 2.16 bits per heavy atom. The highest BCUT2D eigenvalue weighted by Crippen LogP contribution is 2.24. The molecule has 1 atom stereocenters. The molecule has 1 saturated heterocycles. The second-order valence-corrected chi connectivity index (χ2v) is 11.0. The maximum absolute atomic E-state index is 13.2. The van der Waals surface area contributed by atoms with Crippen LogP contribution in [0.4, 0.5) is 0 Å². The second kappa shape index (κ2) is 9.12. The van der Waals surface area contributed by atoms with Gasteiger partial charge in [0, 0.05) is 32.5 Å². The molecule has 1 aliphatic rings. The first kappa shape index (κ1) is 22.6. The lowest BCUT2D eigenvalue weighted by Gasteiger charge is -2.26. The molecule has 9 nitrogen and oxygen atoms in total. The van der Waals surface area contributed by atoms with Gasteiger partial charge in [-0.1, -0.05) is 30.3 Å². The van der Waals surface area contributed by atoms with Crippen LogP contribution in [0, 0.1) is 0 Å². The number of nitrogens with one attached hydrogen (secondary N) is 1. The standard InChI is InChI=1S/C21H24N4O5S2/c1-24-12-11-22-21(24)20(17-5-3-2-4-6-17)23-31(26,27)18-7-9-19(10-8-18)32(28,29)25-13-15-30-16-14-25/h2-12,20,23H,13-16H2,1H3. The first-order valence-corrected chi connectivity index (χ1v) is 12.9. The van der Waals surface area contributed by atoms with Crippen LogP contribution >= 0.6 is 0 Å². The number of hydrogen-bond acceptors (Lipinski definition) is 6. The number of sulfonamides is 2. The molecule has 11 heteroatoms. The number of morpholine rings is 1. The summed E-state index contributed by atoms with van der Waals surface area (Å²) in [6, 6.07) is 13.7. The molecular formula is C21H24N4O5S2. The van der Waals surface area contributed by atoms with Gasteiger partial charge in [-0.05, 0) is 29.8 Å². The SMILES string of the molecule is Cn1ccnc1C(NS(=O)(=O)c1ccc(S(=O)(=O)N2CCOCC2)cc1)c1ccccc1. The van der Waals surface area contributed by atoms with E-state index < -0.39 is 26.1 Å². The maximum atomic E-state index is 13.2. The molecule has 4 rings (SSSR count). The number of benzene rings is 2. The molecule has 1 fully saturated rings. The summed E-state index contributed by atoms with van der Waals surface area (Å²) in [5, 5.41) is 0. The fraction of sp³-hybridized carbons (Fsp3) is 0.286. The van der Waals surface area contributed by atoms with Gasteiger partial charge in [-0.2, -0.15) is 9.03 Å². The van der Waals surface area contributed by atoms with Crippen LogP contribution in [0.15, 0.2) is 76.8 Å². The van der Waals surface area contributed by atoms with Crippen LogP contribution in [0.25, 0.3) is 0 Å². The lowest BCUT2D eigenvalue weighted by Crippen LogP contribution is -2.40. The summed E-state index contributed by atoms with van der Waals surface area (Å²) in [5.74, 6) is 0.534. The van der Waals surface area contributed by atoms with Gasteiger partial charge in [0.2, 0.25) is 20.0 Å². The van der Waals surface area contributed by atoms with Crippen molar-refractivity contribution in [1.29, 1.82) is 0 Å². The van der Waals surface area contributed by atoms with Gasteiger partial charge in [0.1, 0.15) is 11.9 Å². The summed E-state index contributed by atoms with van der Waals surface area (Å²) in [6.45, 7) is 1.21. The molecule has 32 heavy (non-hydrogen) atoms. The fourth-order valence-electron chi connectivity index (χ4n) is 3.52. The van der Waals surface area contributed by atoms with E-state index in [0.29, 0.717) is 19.0 Å². The monoisotopic (exact) mass is 476 g/mol. The average Bonchev–Trinajstić information content (AvgIpc) is 3.24. The number of hydrogen-bond donors (Lipinski definition) is 1. The summed E-state index contributed by atoms with van der Waals surface area (Å²) in [4.78, 5) is 4.32. The van der Waals surface area contributed by atoms with E-state index >= 15 is 0 Å². The Morgan fingerprint density at radius 1 is 0.938 bits per heavy atom. The fourth-order valence-corrected chi connectivity index (χ4v) is 6.11. The van der Waals surface area contributed by atoms with Gasteiger partial charge in [-0.3, -0.25) is 0 Å². The van der Waals surface area contributed by atoms with Crippen molar-refractivity contribution in [3.8, 4) is 0 Å². The quantitative estimate of drug-likeness (QED) is 0.553. The van der Waals surface area contributed by atoms with Crippen LogP contribution in [0.2, 0.25) is 0 Å². The maximum Gasteiger partial charge on any atom is 0.243 e. The van der Waals surface area contributed by atoms with Crippen LogP contribution in [0.3, 0.4) is 0 Å². The summed E-state index contributed by atoms with van der Waals surface area (Å²) < 4.78 is 62.9. The van der Waals surface area contributed by atoms with Crippen LogP contribution in [0.5, 0.6) is 0 Å². The Labute approximate surface area is 187 Å². The van der Waals surface area contributed by atoms with E-state index in [1.807, 2.05) is 30.3 Å². The average molecular weight is 477 g/mol. The van der Waals surface area contributed by atoms with E-state index in [-0.39, 0.29) is 22.9 Å². The number of nitrogens with zero attached hydrogens (tertiary/aromatic N) is 3. The van der Waals surface area contributed by atoms with E-state index in [9.17, 15) is 16.8 Å². The van der Waals surface area contributed by atoms with E-state index in [1.54, 1.807) is 24.0 Å². The van der Waals surface area contributed by atoms with Gasteiger partial charge in [0.25, 0.3) is 0 Å². The highest BCUT2D eigenvalue weighted by molar-refractivity contribution is 7.89. The highest BCUT2D eigenvalue weighted by Gasteiger charge is 2.28. The zero-order valence-corrected chi connectivity index (χ0v) is 19.1. The van der Waals surface area contributed by atoms with Crippen molar-refractivity contribution in [1.82, 2.24) is 18.6 Å². The van der Waals surface area contributed by atoms with Crippen molar-refractivity contribution in [2.45, 2.75) is 15.8 Å². The van der Waals surface area contributed by atoms with Crippen molar-refractivity contribution in [3.63, 3.8) is 0 Å². The molecule has 2 heterocycles. The second-order valence-electron chi connectivity index (χ2n) is 7.35. The molecule has 0 spiro atoms. The Bertz CT molecular complexity index is 1270. The number of rotatable bonds is 7. The van der Waals surface area contributed by atoms with E-state index in [4.69, 9.17) is 4.74 Å². The molecule has 1 aromatic heterocycles. The lowest BCUT2D eigenvalue weighted by atomic mass is 10.1. The molecule has 1 N–H and O–H groups in total. The summed E-state index contributed by atoms with van der Waals surface area (Å²) in [6.07, 6.45) is 3.34. The summed E-state index contributed by atoms with van der Waals surface area (Å²) >= 11 is 0. The molecule has 0 amide bonds. The molecule has 170 valence electrons. The first-order valence-electron chi connectivity index (χ1n) is 10.0. The number of aryl methyl sites for hydroxylation is 1. The molecule has 0 saturated carbocycles. The molecule has 0 radical (unpaired) electrons. The normalized spacial score (nSPS) is 16.7. The summed E-state index contributed by atoms with van der Waals surface area (Å²) in [5.41, 5.74) is 0.733. The molecule has 0 aliphatic carbocycles. The van der Waals surface area contributed by atoms with Gasteiger partial charge < -0.3 is 9.30 Å². The first-order chi connectivity index (χ1) is 15.3. The molecule has 1 aliphatic heterocycles. The van der Waals surface area contributed by atoms with Crippen LogP contribution in [-0.2, 0) is 31.8 Å². The van der Waals surface area contributed by atoms with Crippen LogP contribution in [-0.4, -0.2) is 57.0 Å². The van der Waals surface area contributed by atoms with Crippen molar-refractivity contribution < 1.29 is 21.6 Å². The third-order valence-electron chi connectivity index (χ3n) is 5.26. The van der Waals surface area contributed by atoms with E-state index in [1.165, 1.54) is 28.6 Å². The third-order valence-corrected chi connectivity index (χ3v) is 8.62. The minimum atomic E-state index is -3.97. The Kier molecular flexibility index (Phi) is 6.45. The van der Waals surface area contributed by atoms with Gasteiger partial charge in [0.05, 0.1) is 23.0 Å². The highest BCUT2D eigenvalue weighted by atomic mass is 32.2. The van der Waals surface area contributed by atoms with Crippen molar-refractivity contribution in [2.75, 3.05) is 26.3 Å². The predicted octanol–water partition coefficient (Wildman–Crippen LogP) is 1.51. The van der Waals surface area contributed by atoms with Gasteiger partial charge in [0.15, 0.2) is 0 Å². The number of aromatic nitrogens is 2. The summed E-state index contributed by atoms with van der Waals surface area (Å²) in [7, 11) is -5.89. The predicted molar refractivity (Wildman–Crippen MR) is 118 cm³/mol. The van der Waals surface area contributed by atoms with Gasteiger partial charge in [-0.15, -0.1) is 0 Å². The molecule has 3 aromatic rings. The Morgan fingerprint density at radius 2 is 1.56 bits per heavy atom. The molecule has 1 unspecified atom stereocenters. The minimum absolute atomic E-state index is 0.0337. The topological polar surface area (TPSA) is 111 Å². The smallest absolute Gasteiger partial charge is 0.243 e. The van der Waals surface area contributed by atoms with E-state index in [2.05, 4.69) is 9.71 Å². The van der Waals surface area contributed by atoms with Crippen molar-refractivity contribution in [2.24, 2.45) is 7.05 Å². The lowest BCUT2D eigenvalue weighted by molar-refractivity contribution is 0.0730. The Balaban J connectivity index is 1.62. The zero-order chi connectivity index (χ0) is 22.8. The largest absolute Gasteiger partial charge is 0.379 e.